The van der Waals surface area contributed by atoms with Crippen molar-refractivity contribution < 1.29 is 24.0 Å². The molecule has 1 aromatic rings. The number of rotatable bonds is 5. The molecule has 5 saturated carbocycles. The molecule has 3 spiro atoms. The molecule has 1 aromatic carbocycles. The highest BCUT2D eigenvalue weighted by molar-refractivity contribution is 5.30. The van der Waals surface area contributed by atoms with Gasteiger partial charge in [0.25, 0.3) is 0 Å². The predicted molar refractivity (Wildman–Crippen MR) is 129 cm³/mol. The van der Waals surface area contributed by atoms with Crippen molar-refractivity contribution in [2.24, 2.45) is 29.1 Å². The normalized spacial score (nSPS) is 45.2. The lowest BCUT2D eigenvalue weighted by atomic mass is 9.53. The van der Waals surface area contributed by atoms with E-state index in [-0.39, 0.29) is 0 Å². The van der Waals surface area contributed by atoms with E-state index in [0.29, 0.717) is 23.2 Å². The monoisotopic (exact) mass is 481 g/mol. The first-order valence-corrected chi connectivity index (χ1v) is 14.2. The van der Waals surface area contributed by atoms with Crippen molar-refractivity contribution in [1.29, 1.82) is 0 Å². The van der Waals surface area contributed by atoms with Gasteiger partial charge in [0.15, 0.2) is 0 Å². The minimum atomic E-state index is -0.518. The lowest BCUT2D eigenvalue weighted by Crippen LogP contribution is -2.66. The quantitative estimate of drug-likeness (QED) is 0.559. The van der Waals surface area contributed by atoms with E-state index in [2.05, 4.69) is 29.2 Å². The number of ether oxygens (including phenoxy) is 3. The van der Waals surface area contributed by atoms with Gasteiger partial charge in [0.05, 0.1) is 13.2 Å². The largest absolute Gasteiger partial charge is 0.492 e. The van der Waals surface area contributed by atoms with Crippen molar-refractivity contribution in [3.63, 3.8) is 0 Å². The van der Waals surface area contributed by atoms with Crippen LogP contribution < -0.4 is 4.74 Å². The summed E-state index contributed by atoms with van der Waals surface area (Å²) in [4.78, 5) is 14.8. The van der Waals surface area contributed by atoms with Crippen molar-refractivity contribution in [2.75, 3.05) is 39.5 Å². The van der Waals surface area contributed by atoms with E-state index < -0.39 is 11.6 Å². The van der Waals surface area contributed by atoms with Crippen LogP contribution in [-0.4, -0.2) is 55.9 Å². The maximum atomic E-state index is 6.88. The van der Waals surface area contributed by atoms with Crippen LogP contribution in [0.25, 0.3) is 0 Å². The third kappa shape index (κ3) is 3.54. The lowest BCUT2D eigenvalue weighted by molar-refractivity contribution is -0.390. The Labute approximate surface area is 208 Å². The molecule has 35 heavy (non-hydrogen) atoms. The van der Waals surface area contributed by atoms with Crippen molar-refractivity contribution >= 4 is 0 Å². The van der Waals surface area contributed by atoms with Gasteiger partial charge in [-0.25, -0.2) is 0 Å². The second-order valence-electron chi connectivity index (χ2n) is 13.1. The molecule has 0 N–H and O–H groups in total. The van der Waals surface area contributed by atoms with E-state index >= 15 is 0 Å². The zero-order chi connectivity index (χ0) is 23.1. The summed E-state index contributed by atoms with van der Waals surface area (Å²) in [7, 11) is 0. The highest BCUT2D eigenvalue weighted by Crippen LogP contribution is 2.64. The molecule has 3 aliphatic heterocycles. The summed E-state index contributed by atoms with van der Waals surface area (Å²) in [5.41, 5.74) is 1.89. The molecule has 0 unspecified atom stereocenters. The van der Waals surface area contributed by atoms with Gasteiger partial charge >= 0.3 is 0 Å². The van der Waals surface area contributed by atoms with Gasteiger partial charge in [0.2, 0.25) is 11.6 Å². The van der Waals surface area contributed by atoms with Gasteiger partial charge in [-0.15, -0.1) is 0 Å². The van der Waals surface area contributed by atoms with E-state index in [0.717, 1.165) is 69.6 Å². The molecule has 6 nitrogen and oxygen atoms in total. The topological polar surface area (TPSA) is 49.4 Å². The highest BCUT2D eigenvalue weighted by atomic mass is 17.3. The average Bonchev–Trinajstić information content (AvgIpc) is 3.18. The molecular formula is C29H39NO5. The number of likely N-dealkylation sites (tertiary alicyclic amines) is 1. The van der Waals surface area contributed by atoms with Crippen molar-refractivity contribution in [1.82, 2.24) is 4.90 Å². The van der Waals surface area contributed by atoms with Crippen molar-refractivity contribution in [3.05, 3.63) is 29.8 Å². The van der Waals surface area contributed by atoms with E-state index in [4.69, 9.17) is 24.0 Å². The highest BCUT2D eigenvalue weighted by Gasteiger charge is 2.66. The van der Waals surface area contributed by atoms with Crippen molar-refractivity contribution in [2.45, 2.75) is 75.3 Å². The van der Waals surface area contributed by atoms with Gasteiger partial charge in [0.1, 0.15) is 12.4 Å². The summed E-state index contributed by atoms with van der Waals surface area (Å²) in [5, 5.41) is 0. The molecule has 0 aromatic heterocycles. The zero-order valence-electron chi connectivity index (χ0n) is 20.8. The number of hydrogen-bond acceptors (Lipinski definition) is 6. The Morgan fingerprint density at radius 2 is 1.54 bits per heavy atom. The molecule has 0 radical (unpaired) electrons. The molecule has 9 rings (SSSR count). The van der Waals surface area contributed by atoms with Crippen LogP contribution in [0.4, 0.5) is 0 Å². The van der Waals surface area contributed by atoms with E-state index in [9.17, 15) is 0 Å². The van der Waals surface area contributed by atoms with Gasteiger partial charge in [-0.3, -0.25) is 4.90 Å². The van der Waals surface area contributed by atoms with Crippen LogP contribution in [0.2, 0.25) is 0 Å². The second kappa shape index (κ2) is 7.91. The van der Waals surface area contributed by atoms with Gasteiger partial charge in [0, 0.05) is 49.7 Å². The van der Waals surface area contributed by atoms with Gasteiger partial charge in [-0.1, -0.05) is 12.1 Å². The Balaban J connectivity index is 0.841. The third-order valence-electron chi connectivity index (χ3n) is 10.7. The Kier molecular flexibility index (Phi) is 4.94. The summed E-state index contributed by atoms with van der Waals surface area (Å²) in [6.45, 7) is 5.98. The fraction of sp³-hybridized carbons (Fsp3) is 0.793. The minimum absolute atomic E-state index is 0.443. The van der Waals surface area contributed by atoms with Crippen LogP contribution in [0.3, 0.4) is 0 Å². The molecular weight excluding hydrogens is 442 g/mol. The van der Waals surface area contributed by atoms with Gasteiger partial charge in [-0.2, -0.15) is 9.78 Å². The third-order valence-corrected chi connectivity index (χ3v) is 10.7. The Hall–Kier alpha value is -1.18. The molecule has 190 valence electrons. The molecule has 5 aliphatic carbocycles. The molecule has 0 atom stereocenters. The smallest absolute Gasteiger partial charge is 0.210 e. The first kappa shape index (κ1) is 21.9. The van der Waals surface area contributed by atoms with Crippen LogP contribution in [0.15, 0.2) is 24.3 Å². The summed E-state index contributed by atoms with van der Waals surface area (Å²) >= 11 is 0. The SMILES string of the molecule is c1cc(C2CCC3(CC2)OOC2(O3)C3CC4CC(C3)CC2C4)ccc1OCCN1CC2(COC2)C1. The van der Waals surface area contributed by atoms with Crippen molar-refractivity contribution in [3.8, 4) is 5.75 Å². The van der Waals surface area contributed by atoms with E-state index in [1.807, 2.05) is 0 Å². The molecule has 4 bridgehead atoms. The lowest BCUT2D eigenvalue weighted by Gasteiger charge is -2.57. The molecule has 3 heterocycles. The summed E-state index contributed by atoms with van der Waals surface area (Å²) in [6, 6.07) is 8.81. The molecule has 0 amide bonds. The van der Waals surface area contributed by atoms with Crippen LogP contribution in [0.5, 0.6) is 5.75 Å². The maximum absolute atomic E-state index is 6.88. The standard InChI is InChI=1S/C29H39NO5/c1-3-26(32-10-9-30-16-27(17-30)18-31-19-27)4-2-22(1)23-5-7-28(8-6-23)33-29(35-34-28)24-12-20-11-21(14-24)15-25(29)13-20/h1-4,20-21,23-25H,5-19H2. The van der Waals surface area contributed by atoms with E-state index in [1.165, 1.54) is 50.8 Å². The number of benzene rings is 1. The number of nitrogens with zero attached hydrogens (tertiary/aromatic N) is 1. The maximum Gasteiger partial charge on any atom is 0.210 e. The van der Waals surface area contributed by atoms with Crippen LogP contribution >= 0.6 is 0 Å². The Bertz CT molecular complexity index is 914. The Morgan fingerprint density at radius 1 is 0.857 bits per heavy atom. The molecule has 6 heteroatoms. The van der Waals surface area contributed by atoms with Crippen LogP contribution in [0.1, 0.15) is 69.3 Å². The average molecular weight is 482 g/mol. The fourth-order valence-electron chi connectivity index (χ4n) is 8.95. The van der Waals surface area contributed by atoms with Gasteiger partial charge < -0.3 is 14.2 Å². The summed E-state index contributed by atoms with van der Waals surface area (Å²) in [6.07, 6.45) is 10.6. The zero-order valence-corrected chi connectivity index (χ0v) is 20.8. The summed E-state index contributed by atoms with van der Waals surface area (Å²) < 4.78 is 18.3. The Morgan fingerprint density at radius 3 is 2.17 bits per heavy atom. The molecule has 3 saturated heterocycles. The second-order valence-corrected chi connectivity index (χ2v) is 13.1. The fourth-order valence-corrected chi connectivity index (χ4v) is 8.95. The first-order chi connectivity index (χ1) is 17.1. The molecule has 8 aliphatic rings. The summed E-state index contributed by atoms with van der Waals surface area (Å²) in [5.74, 6) is 3.45. The molecule has 8 fully saturated rings. The first-order valence-electron chi connectivity index (χ1n) is 14.2. The van der Waals surface area contributed by atoms with Crippen LogP contribution in [-0.2, 0) is 19.2 Å². The van der Waals surface area contributed by atoms with Crippen LogP contribution in [0, 0.1) is 29.1 Å². The van der Waals surface area contributed by atoms with Gasteiger partial charge in [-0.05, 0) is 80.4 Å². The van der Waals surface area contributed by atoms with E-state index in [1.54, 1.807) is 0 Å². The predicted octanol–water partition coefficient (Wildman–Crippen LogP) is 4.88. The number of hydrogen-bond donors (Lipinski definition) is 0. The minimum Gasteiger partial charge on any atom is -0.492 e.